The van der Waals surface area contributed by atoms with Crippen molar-refractivity contribution in [2.75, 3.05) is 0 Å². The fourth-order valence-electron chi connectivity index (χ4n) is 3.03. The first kappa shape index (κ1) is 3.86. The lowest BCUT2D eigenvalue weighted by Gasteiger charge is -2.18. The minimum absolute atomic E-state index is 0.296. The van der Waals surface area contributed by atoms with Crippen LogP contribution in [0, 0.1) is 17.3 Å². The molecule has 4 rings (SSSR count). The van der Waals surface area contributed by atoms with Crippen molar-refractivity contribution in [2.24, 2.45) is 17.3 Å². The fourth-order valence-corrected chi connectivity index (χ4v) is 3.03. The zero-order valence-electron chi connectivity index (χ0n) is 4.73. The van der Waals surface area contributed by atoms with Gasteiger partial charge in [-0.1, -0.05) is 0 Å². The zero-order valence-corrected chi connectivity index (χ0v) is 4.73. The summed E-state index contributed by atoms with van der Waals surface area (Å²) in [5.74, 6) is 1.38. The number of hydrogen-bond acceptors (Lipinski definition) is 0. The molecule has 0 aromatic heterocycles. The van der Waals surface area contributed by atoms with Crippen molar-refractivity contribution >= 4 is 0 Å². The van der Waals surface area contributed by atoms with Gasteiger partial charge >= 0.3 is 0 Å². The van der Waals surface area contributed by atoms with E-state index >= 15 is 0 Å². The summed E-state index contributed by atoms with van der Waals surface area (Å²) in [6.07, 6.45) is 3.43. The quantitative estimate of drug-likeness (QED) is 0.448. The van der Waals surface area contributed by atoms with E-state index in [4.69, 9.17) is 0 Å². The number of hydrogen-bond donors (Lipinski definition) is 0. The van der Waals surface area contributed by atoms with Gasteiger partial charge in [-0.25, -0.2) is 4.39 Å². The molecule has 4 saturated carbocycles. The third-order valence-corrected chi connectivity index (χ3v) is 3.55. The molecule has 1 spiro atoms. The molecular formula is C7H9F. The molecule has 0 saturated heterocycles. The molecule has 4 aliphatic rings. The van der Waals surface area contributed by atoms with Crippen LogP contribution < -0.4 is 0 Å². The Morgan fingerprint density at radius 1 is 1.50 bits per heavy atom. The van der Waals surface area contributed by atoms with Crippen LogP contribution in [0.1, 0.15) is 19.3 Å². The van der Waals surface area contributed by atoms with E-state index in [1.807, 2.05) is 0 Å². The van der Waals surface area contributed by atoms with Crippen LogP contribution in [0.15, 0.2) is 0 Å². The number of halogens is 1. The Balaban J connectivity index is 2.08. The average Bonchev–Trinajstić information content (AvgIpc) is 2.05. The molecule has 0 radical (unpaired) electrons. The second kappa shape index (κ2) is 0.758. The van der Waals surface area contributed by atoms with E-state index in [9.17, 15) is 4.39 Å². The van der Waals surface area contributed by atoms with E-state index in [1.54, 1.807) is 0 Å². The largest absolute Gasteiger partial charge is 0.247 e. The Hall–Kier alpha value is -0.0700. The predicted octanol–water partition coefficient (Wildman–Crippen LogP) is 1.75. The van der Waals surface area contributed by atoms with Gasteiger partial charge in [-0.3, -0.25) is 0 Å². The summed E-state index contributed by atoms with van der Waals surface area (Å²) in [6, 6.07) is 0. The predicted molar refractivity (Wildman–Crippen MR) is 28.2 cm³/mol. The van der Waals surface area contributed by atoms with Crippen LogP contribution in [0.5, 0.6) is 0 Å². The maximum absolute atomic E-state index is 12.6. The van der Waals surface area contributed by atoms with Gasteiger partial charge in [0.1, 0.15) is 6.17 Å². The second-order valence-corrected chi connectivity index (χ2v) is 3.66. The van der Waals surface area contributed by atoms with Gasteiger partial charge in [0.2, 0.25) is 0 Å². The molecule has 4 fully saturated rings. The van der Waals surface area contributed by atoms with Crippen LogP contribution in [0.25, 0.3) is 0 Å². The molecule has 4 unspecified atom stereocenters. The number of alkyl halides is 1. The van der Waals surface area contributed by atoms with Gasteiger partial charge in [0.15, 0.2) is 0 Å². The van der Waals surface area contributed by atoms with Gasteiger partial charge in [-0.15, -0.1) is 0 Å². The highest BCUT2D eigenvalue weighted by Gasteiger charge is 2.79. The van der Waals surface area contributed by atoms with E-state index in [0.717, 1.165) is 5.92 Å². The molecule has 0 amide bonds. The smallest absolute Gasteiger partial charge is 0.110 e. The minimum atomic E-state index is -0.360. The van der Waals surface area contributed by atoms with Crippen molar-refractivity contribution in [1.29, 1.82) is 0 Å². The van der Waals surface area contributed by atoms with E-state index in [1.165, 1.54) is 19.3 Å². The lowest BCUT2D eigenvalue weighted by molar-refractivity contribution is 0.285. The third kappa shape index (κ3) is 0.172. The lowest BCUT2D eigenvalue weighted by atomic mass is 9.85. The highest BCUT2D eigenvalue weighted by Crippen LogP contribution is 2.80. The first-order valence-corrected chi connectivity index (χ1v) is 3.49. The van der Waals surface area contributed by atoms with Gasteiger partial charge in [-0.2, -0.15) is 0 Å². The summed E-state index contributed by atoms with van der Waals surface area (Å²) < 4.78 is 12.6. The van der Waals surface area contributed by atoms with Crippen LogP contribution in [-0.4, -0.2) is 6.17 Å². The van der Waals surface area contributed by atoms with Gasteiger partial charge in [-0.05, 0) is 25.2 Å². The molecule has 4 aliphatic carbocycles. The monoisotopic (exact) mass is 112 g/mol. The van der Waals surface area contributed by atoms with Gasteiger partial charge in [0.25, 0.3) is 0 Å². The van der Waals surface area contributed by atoms with Crippen LogP contribution in [-0.2, 0) is 0 Å². The normalized spacial score (nSPS) is 73.9. The highest BCUT2D eigenvalue weighted by molar-refractivity contribution is 5.27. The highest BCUT2D eigenvalue weighted by atomic mass is 19.1. The van der Waals surface area contributed by atoms with E-state index in [-0.39, 0.29) is 6.17 Å². The molecule has 0 aliphatic heterocycles. The Morgan fingerprint density at radius 2 is 2.38 bits per heavy atom. The summed E-state index contributed by atoms with van der Waals surface area (Å²) in [4.78, 5) is 0. The fraction of sp³-hybridized carbons (Fsp3) is 1.00. The second-order valence-electron chi connectivity index (χ2n) is 3.66. The number of fused-ring (bicyclic) bond motifs is 1. The maximum Gasteiger partial charge on any atom is 0.110 e. The standard InChI is InChI=1S/C7H9F/c8-6-5-4-1-2-7(5,6)3-4/h4-6H,1-3H2. The van der Waals surface area contributed by atoms with E-state index < -0.39 is 0 Å². The van der Waals surface area contributed by atoms with Gasteiger partial charge in [0.05, 0.1) is 0 Å². The van der Waals surface area contributed by atoms with E-state index in [2.05, 4.69) is 0 Å². The molecule has 1 heteroatoms. The van der Waals surface area contributed by atoms with Crippen molar-refractivity contribution in [3.63, 3.8) is 0 Å². The molecule has 8 heavy (non-hydrogen) atoms. The summed E-state index contributed by atoms with van der Waals surface area (Å²) in [5.41, 5.74) is 0.296. The summed E-state index contributed by atoms with van der Waals surface area (Å²) >= 11 is 0. The van der Waals surface area contributed by atoms with Crippen molar-refractivity contribution in [3.8, 4) is 0 Å². The summed E-state index contributed by atoms with van der Waals surface area (Å²) in [7, 11) is 0. The molecule has 0 heterocycles. The topological polar surface area (TPSA) is 0 Å². The first-order chi connectivity index (χ1) is 3.84. The summed E-state index contributed by atoms with van der Waals surface area (Å²) in [5, 5.41) is 0. The molecule has 0 nitrogen and oxygen atoms in total. The van der Waals surface area contributed by atoms with Crippen LogP contribution >= 0.6 is 0 Å². The van der Waals surface area contributed by atoms with E-state index in [0.29, 0.717) is 11.3 Å². The molecule has 0 aromatic carbocycles. The van der Waals surface area contributed by atoms with Crippen molar-refractivity contribution < 1.29 is 4.39 Å². The number of rotatable bonds is 0. The molecule has 4 atom stereocenters. The average molecular weight is 112 g/mol. The Bertz CT molecular complexity index is 148. The maximum atomic E-state index is 12.6. The molecule has 2 bridgehead atoms. The third-order valence-electron chi connectivity index (χ3n) is 3.55. The van der Waals surface area contributed by atoms with Crippen molar-refractivity contribution in [2.45, 2.75) is 25.4 Å². The first-order valence-electron chi connectivity index (χ1n) is 3.49. The Kier molecular flexibility index (Phi) is 0.366. The zero-order chi connectivity index (χ0) is 5.35. The van der Waals surface area contributed by atoms with Crippen LogP contribution in [0.3, 0.4) is 0 Å². The Labute approximate surface area is 48.1 Å². The summed E-state index contributed by atoms with van der Waals surface area (Å²) in [6.45, 7) is 0. The van der Waals surface area contributed by atoms with Gasteiger partial charge < -0.3 is 0 Å². The van der Waals surface area contributed by atoms with Gasteiger partial charge in [0, 0.05) is 11.3 Å². The van der Waals surface area contributed by atoms with Crippen molar-refractivity contribution in [1.82, 2.24) is 0 Å². The van der Waals surface area contributed by atoms with Crippen LogP contribution in [0.4, 0.5) is 4.39 Å². The molecule has 44 valence electrons. The van der Waals surface area contributed by atoms with Crippen molar-refractivity contribution in [3.05, 3.63) is 0 Å². The molecular weight excluding hydrogens is 103 g/mol. The Morgan fingerprint density at radius 3 is 2.62 bits per heavy atom. The lowest BCUT2D eigenvalue weighted by Crippen LogP contribution is -2.13. The molecule has 0 N–H and O–H groups in total. The molecule has 0 aromatic rings. The SMILES string of the molecule is FC1C2C3CCC12C3. The minimum Gasteiger partial charge on any atom is -0.247 e. The van der Waals surface area contributed by atoms with Crippen LogP contribution in [0.2, 0.25) is 0 Å².